The van der Waals surface area contributed by atoms with E-state index in [0.29, 0.717) is 0 Å². The van der Waals surface area contributed by atoms with E-state index in [-0.39, 0.29) is 12.2 Å². The van der Waals surface area contributed by atoms with Gasteiger partial charge in [-0.2, -0.15) is 0 Å². The SMILES string of the molecule is Clc1ccc2c(c1)C1OC2c2c1n(-c1ccccc1)c1ccccc21. The van der Waals surface area contributed by atoms with Gasteiger partial charge < -0.3 is 9.30 Å². The predicted molar refractivity (Wildman–Crippen MR) is 99.5 cm³/mol. The van der Waals surface area contributed by atoms with E-state index in [1.54, 1.807) is 0 Å². The Labute approximate surface area is 150 Å². The molecule has 0 saturated heterocycles. The molecule has 0 aliphatic carbocycles. The van der Waals surface area contributed by atoms with Gasteiger partial charge in [0.25, 0.3) is 0 Å². The first kappa shape index (κ1) is 13.7. The minimum absolute atomic E-state index is 0.00197. The van der Waals surface area contributed by atoms with Crippen LogP contribution in [0.1, 0.15) is 34.6 Å². The Kier molecular flexibility index (Phi) is 2.61. The van der Waals surface area contributed by atoms with Crippen molar-refractivity contribution in [3.8, 4) is 5.69 Å². The van der Waals surface area contributed by atoms with Crippen LogP contribution >= 0.6 is 11.6 Å². The molecule has 2 atom stereocenters. The number of rotatable bonds is 1. The van der Waals surface area contributed by atoms with Crippen molar-refractivity contribution < 1.29 is 4.74 Å². The fourth-order valence-electron chi connectivity index (χ4n) is 4.40. The molecule has 6 rings (SSSR count). The van der Waals surface area contributed by atoms with Crippen LogP contribution in [0.5, 0.6) is 0 Å². The van der Waals surface area contributed by atoms with Crippen LogP contribution in [-0.4, -0.2) is 4.57 Å². The molecule has 120 valence electrons. The lowest BCUT2D eigenvalue weighted by molar-refractivity contribution is 0.0838. The van der Waals surface area contributed by atoms with Gasteiger partial charge in [-0.15, -0.1) is 0 Å². The molecule has 3 aromatic carbocycles. The van der Waals surface area contributed by atoms with Crippen LogP contribution in [0, 0.1) is 0 Å². The van der Waals surface area contributed by atoms with E-state index < -0.39 is 0 Å². The zero-order valence-corrected chi connectivity index (χ0v) is 14.1. The van der Waals surface area contributed by atoms with E-state index in [1.165, 1.54) is 39.0 Å². The highest BCUT2D eigenvalue weighted by atomic mass is 35.5. The zero-order valence-electron chi connectivity index (χ0n) is 13.3. The topological polar surface area (TPSA) is 14.2 Å². The quantitative estimate of drug-likeness (QED) is 0.425. The molecule has 0 amide bonds. The summed E-state index contributed by atoms with van der Waals surface area (Å²) in [4.78, 5) is 0. The lowest BCUT2D eigenvalue weighted by Gasteiger charge is -2.17. The highest BCUT2D eigenvalue weighted by molar-refractivity contribution is 6.30. The van der Waals surface area contributed by atoms with Crippen molar-refractivity contribution in [2.45, 2.75) is 12.2 Å². The van der Waals surface area contributed by atoms with Crippen molar-refractivity contribution in [2.75, 3.05) is 0 Å². The monoisotopic (exact) mass is 343 g/mol. The van der Waals surface area contributed by atoms with E-state index in [9.17, 15) is 0 Å². The number of para-hydroxylation sites is 2. The van der Waals surface area contributed by atoms with Crippen molar-refractivity contribution in [3.63, 3.8) is 0 Å². The standard InChI is InChI=1S/C22H14ClNO/c23-13-10-11-15-17(12-13)22-20-19(21(15)25-22)16-8-4-5-9-18(16)24(20)14-6-2-1-3-7-14/h1-12,21-22H. The predicted octanol–water partition coefficient (Wildman–Crippen LogP) is 5.81. The molecule has 2 aliphatic rings. The van der Waals surface area contributed by atoms with Crippen molar-refractivity contribution in [3.05, 3.63) is 100 Å². The minimum atomic E-state index is -0.0543. The number of hydrogen-bond acceptors (Lipinski definition) is 1. The van der Waals surface area contributed by atoms with E-state index in [0.717, 1.165) is 5.02 Å². The number of fused-ring (bicyclic) bond motifs is 10. The van der Waals surface area contributed by atoms with Crippen molar-refractivity contribution in [1.82, 2.24) is 4.57 Å². The Hall–Kier alpha value is -2.55. The van der Waals surface area contributed by atoms with Crippen molar-refractivity contribution >= 4 is 22.5 Å². The highest BCUT2D eigenvalue weighted by Gasteiger charge is 2.46. The second-order valence-electron chi connectivity index (χ2n) is 6.66. The lowest BCUT2D eigenvalue weighted by atomic mass is 9.89. The molecular formula is C22H14ClNO. The van der Waals surface area contributed by atoms with Gasteiger partial charge in [-0.25, -0.2) is 0 Å². The number of hydrogen-bond donors (Lipinski definition) is 0. The van der Waals surface area contributed by atoms with Crippen LogP contribution in [0.4, 0.5) is 0 Å². The van der Waals surface area contributed by atoms with Gasteiger partial charge in [-0.3, -0.25) is 0 Å². The van der Waals surface area contributed by atoms with Crippen molar-refractivity contribution in [1.29, 1.82) is 0 Å². The summed E-state index contributed by atoms with van der Waals surface area (Å²) in [6, 6.07) is 25.2. The molecule has 0 radical (unpaired) electrons. The molecular weight excluding hydrogens is 330 g/mol. The fourth-order valence-corrected chi connectivity index (χ4v) is 4.58. The van der Waals surface area contributed by atoms with Gasteiger partial charge in [0.15, 0.2) is 0 Å². The third kappa shape index (κ3) is 1.68. The van der Waals surface area contributed by atoms with Gasteiger partial charge >= 0.3 is 0 Å². The van der Waals surface area contributed by atoms with Gasteiger partial charge in [0.05, 0.1) is 11.2 Å². The van der Waals surface area contributed by atoms with Gasteiger partial charge in [-0.05, 0) is 41.5 Å². The molecule has 2 bridgehead atoms. The Balaban J connectivity index is 1.72. The number of benzene rings is 3. The van der Waals surface area contributed by atoms with Crippen LogP contribution in [0.3, 0.4) is 0 Å². The van der Waals surface area contributed by atoms with Crippen molar-refractivity contribution in [2.24, 2.45) is 0 Å². The first-order valence-corrected chi connectivity index (χ1v) is 8.84. The minimum Gasteiger partial charge on any atom is -0.354 e. The second kappa shape index (κ2) is 4.75. The first-order valence-electron chi connectivity index (χ1n) is 8.46. The molecule has 3 heterocycles. The Morgan fingerprint density at radius 3 is 2.48 bits per heavy atom. The van der Waals surface area contributed by atoms with Gasteiger partial charge in [-0.1, -0.05) is 54.1 Å². The highest BCUT2D eigenvalue weighted by Crippen LogP contribution is 2.57. The summed E-state index contributed by atoms with van der Waals surface area (Å²) in [6.45, 7) is 0. The maximum Gasteiger partial charge on any atom is 0.125 e. The summed E-state index contributed by atoms with van der Waals surface area (Å²) in [7, 11) is 0. The average Bonchev–Trinajstić information content (AvgIpc) is 3.29. The summed E-state index contributed by atoms with van der Waals surface area (Å²) < 4.78 is 8.75. The van der Waals surface area contributed by atoms with Gasteiger partial charge in [0.2, 0.25) is 0 Å². The molecule has 3 heteroatoms. The fraction of sp³-hybridized carbons (Fsp3) is 0.0909. The summed E-state index contributed by atoms with van der Waals surface area (Å²) in [5, 5.41) is 2.04. The van der Waals surface area contributed by atoms with Crippen LogP contribution in [-0.2, 0) is 4.74 Å². The van der Waals surface area contributed by atoms with Gasteiger partial charge in [0.1, 0.15) is 12.2 Å². The van der Waals surface area contributed by atoms with Gasteiger partial charge in [0, 0.05) is 21.7 Å². The third-order valence-electron chi connectivity index (χ3n) is 5.36. The maximum atomic E-state index is 6.40. The molecule has 0 fully saturated rings. The number of nitrogens with zero attached hydrogens (tertiary/aromatic N) is 1. The number of aromatic nitrogens is 1. The molecule has 2 aliphatic heterocycles. The lowest BCUT2D eigenvalue weighted by Crippen LogP contribution is -2.07. The molecule has 25 heavy (non-hydrogen) atoms. The smallest absolute Gasteiger partial charge is 0.125 e. The Morgan fingerprint density at radius 1 is 0.800 bits per heavy atom. The molecule has 1 aromatic heterocycles. The third-order valence-corrected chi connectivity index (χ3v) is 5.60. The largest absolute Gasteiger partial charge is 0.354 e. The van der Waals surface area contributed by atoms with Crippen LogP contribution in [0.15, 0.2) is 72.8 Å². The Morgan fingerprint density at radius 2 is 1.60 bits per heavy atom. The normalized spacial score (nSPS) is 20.0. The molecule has 2 nitrogen and oxygen atoms in total. The summed E-state index contributed by atoms with van der Waals surface area (Å²) in [5.41, 5.74) is 7.39. The zero-order chi connectivity index (χ0) is 16.5. The average molecular weight is 344 g/mol. The first-order chi connectivity index (χ1) is 12.3. The summed E-state index contributed by atoms with van der Waals surface area (Å²) >= 11 is 6.26. The van der Waals surface area contributed by atoms with Crippen LogP contribution in [0.25, 0.3) is 16.6 Å². The molecule has 4 aromatic rings. The molecule has 2 unspecified atom stereocenters. The van der Waals surface area contributed by atoms with E-state index in [4.69, 9.17) is 16.3 Å². The van der Waals surface area contributed by atoms with Crippen LogP contribution < -0.4 is 0 Å². The summed E-state index contributed by atoms with van der Waals surface area (Å²) in [5.74, 6) is 0. The Bertz CT molecular complexity index is 1150. The summed E-state index contributed by atoms with van der Waals surface area (Å²) in [6.07, 6.45) is -0.0524. The second-order valence-corrected chi connectivity index (χ2v) is 7.09. The molecule has 0 saturated carbocycles. The van der Waals surface area contributed by atoms with E-state index >= 15 is 0 Å². The molecule has 0 spiro atoms. The van der Waals surface area contributed by atoms with E-state index in [1.807, 2.05) is 12.1 Å². The number of ether oxygens (including phenoxy) is 1. The van der Waals surface area contributed by atoms with E-state index in [2.05, 4.69) is 65.2 Å². The van der Waals surface area contributed by atoms with Crippen LogP contribution in [0.2, 0.25) is 5.02 Å². The number of halogens is 1. The molecule has 0 N–H and O–H groups in total. The maximum absolute atomic E-state index is 6.40.